The minimum atomic E-state index is -3.82. The Morgan fingerprint density at radius 1 is 1.00 bits per heavy atom. The molecule has 0 radical (unpaired) electrons. The lowest BCUT2D eigenvalue weighted by molar-refractivity contribution is -0.122. The summed E-state index contributed by atoms with van der Waals surface area (Å²) in [5.74, 6) is 0.345. The Morgan fingerprint density at radius 2 is 1.65 bits per heavy atom. The van der Waals surface area contributed by atoms with Crippen molar-refractivity contribution >= 4 is 15.9 Å². The largest absolute Gasteiger partial charge is 0.497 e. The molecular weight excluding hydrogens is 412 g/mol. The Balaban J connectivity index is 1.74. The van der Waals surface area contributed by atoms with Crippen molar-refractivity contribution in [3.63, 3.8) is 0 Å². The number of amides is 1. The number of nitrogens with one attached hydrogen (secondary N) is 1. The summed E-state index contributed by atoms with van der Waals surface area (Å²) in [6.07, 6.45) is 7.05. The third kappa shape index (κ3) is 6.80. The normalized spacial score (nSPS) is 15.4. The molecule has 1 fully saturated rings. The Labute approximate surface area is 185 Å². The molecule has 2 aromatic rings. The highest BCUT2D eigenvalue weighted by Gasteiger charge is 2.27. The third-order valence-corrected chi connectivity index (χ3v) is 7.59. The summed E-state index contributed by atoms with van der Waals surface area (Å²) in [5, 5.41) is 3.06. The van der Waals surface area contributed by atoms with E-state index in [0.717, 1.165) is 31.2 Å². The second-order valence-corrected chi connectivity index (χ2v) is 9.94. The second kappa shape index (κ2) is 11.3. The van der Waals surface area contributed by atoms with Crippen LogP contribution in [0.15, 0.2) is 59.5 Å². The van der Waals surface area contributed by atoms with Crippen LogP contribution in [0, 0.1) is 0 Å². The number of sulfonamides is 1. The molecule has 1 N–H and O–H groups in total. The fraction of sp³-hybridized carbons (Fsp3) is 0.458. The first-order valence-electron chi connectivity index (χ1n) is 11.0. The molecule has 0 saturated heterocycles. The second-order valence-electron chi connectivity index (χ2n) is 8.01. The Kier molecular flexibility index (Phi) is 8.49. The summed E-state index contributed by atoms with van der Waals surface area (Å²) in [6, 6.07) is 16.1. The van der Waals surface area contributed by atoms with Gasteiger partial charge in [-0.3, -0.25) is 4.79 Å². The van der Waals surface area contributed by atoms with Crippen molar-refractivity contribution < 1.29 is 17.9 Å². The molecule has 0 atom stereocenters. The van der Waals surface area contributed by atoms with Crippen LogP contribution in [0.5, 0.6) is 5.75 Å². The number of nitrogens with zero attached hydrogens (tertiary/aromatic N) is 1. The first-order chi connectivity index (χ1) is 15.0. The smallest absolute Gasteiger partial charge is 0.243 e. The molecule has 0 bridgehead atoms. The molecule has 6 nitrogen and oxygen atoms in total. The standard InChI is InChI=1S/C24H32N2O4S/c1-30-22-13-15-23(16-14-22)31(28,29)26(18-17-20-9-5-4-6-10-20)19-24(27)25-21-11-7-2-3-8-12-21/h4-6,9-10,13-16,21H,2-3,7-8,11-12,17-19H2,1H3,(H,25,27). The van der Waals surface area contributed by atoms with E-state index in [1.807, 2.05) is 30.3 Å². The minimum Gasteiger partial charge on any atom is -0.497 e. The number of hydrogen-bond acceptors (Lipinski definition) is 4. The van der Waals surface area contributed by atoms with Crippen LogP contribution >= 0.6 is 0 Å². The summed E-state index contributed by atoms with van der Waals surface area (Å²) in [6.45, 7) is 0.0498. The van der Waals surface area contributed by atoms with E-state index in [-0.39, 0.29) is 29.9 Å². The van der Waals surface area contributed by atoms with Crippen molar-refractivity contribution in [1.29, 1.82) is 0 Å². The van der Waals surface area contributed by atoms with Gasteiger partial charge in [0.2, 0.25) is 15.9 Å². The van der Waals surface area contributed by atoms with Crippen molar-refractivity contribution in [3.05, 3.63) is 60.2 Å². The molecule has 0 spiro atoms. The van der Waals surface area contributed by atoms with E-state index in [1.165, 1.54) is 36.4 Å². The monoisotopic (exact) mass is 444 g/mol. The van der Waals surface area contributed by atoms with Crippen molar-refractivity contribution in [1.82, 2.24) is 9.62 Å². The summed E-state index contributed by atoms with van der Waals surface area (Å²) in [5.41, 5.74) is 1.03. The van der Waals surface area contributed by atoms with Gasteiger partial charge < -0.3 is 10.1 Å². The maximum Gasteiger partial charge on any atom is 0.243 e. The quantitative estimate of drug-likeness (QED) is 0.598. The molecule has 1 aliphatic rings. The van der Waals surface area contributed by atoms with Gasteiger partial charge in [-0.05, 0) is 49.1 Å². The predicted octanol–water partition coefficient (Wildman–Crippen LogP) is 3.77. The SMILES string of the molecule is COc1ccc(S(=O)(=O)N(CCc2ccccc2)CC(=O)NC2CCCCCC2)cc1. The lowest BCUT2D eigenvalue weighted by Gasteiger charge is -2.24. The fourth-order valence-electron chi connectivity index (χ4n) is 3.94. The molecular formula is C24H32N2O4S. The Morgan fingerprint density at radius 3 is 2.26 bits per heavy atom. The van der Waals surface area contributed by atoms with Crippen LogP contribution in [0.1, 0.15) is 44.1 Å². The van der Waals surface area contributed by atoms with Gasteiger partial charge >= 0.3 is 0 Å². The molecule has 1 aliphatic carbocycles. The molecule has 0 unspecified atom stereocenters. The average Bonchev–Trinajstić information content (AvgIpc) is 3.06. The van der Waals surface area contributed by atoms with Crippen LogP contribution in [0.4, 0.5) is 0 Å². The zero-order chi connectivity index (χ0) is 22.1. The van der Waals surface area contributed by atoms with Gasteiger partial charge in [-0.25, -0.2) is 8.42 Å². The van der Waals surface area contributed by atoms with Gasteiger partial charge in [0.1, 0.15) is 5.75 Å². The number of rotatable bonds is 9. The average molecular weight is 445 g/mol. The third-order valence-electron chi connectivity index (χ3n) is 5.73. The first-order valence-corrected chi connectivity index (χ1v) is 12.4. The van der Waals surface area contributed by atoms with E-state index in [4.69, 9.17) is 4.74 Å². The van der Waals surface area contributed by atoms with Crippen molar-refractivity contribution in [2.45, 2.75) is 55.9 Å². The van der Waals surface area contributed by atoms with Gasteiger partial charge in [0.15, 0.2) is 0 Å². The van der Waals surface area contributed by atoms with Crippen LogP contribution < -0.4 is 10.1 Å². The number of benzene rings is 2. The molecule has 0 aliphatic heterocycles. The summed E-state index contributed by atoms with van der Waals surface area (Å²) in [7, 11) is -2.29. The molecule has 3 rings (SSSR count). The van der Waals surface area contributed by atoms with Crippen molar-refractivity contribution in [2.24, 2.45) is 0 Å². The zero-order valence-corrected chi connectivity index (χ0v) is 18.9. The lowest BCUT2D eigenvalue weighted by Crippen LogP contribution is -2.44. The van der Waals surface area contributed by atoms with Gasteiger partial charge in [0.05, 0.1) is 18.6 Å². The molecule has 7 heteroatoms. The minimum absolute atomic E-state index is 0.134. The summed E-state index contributed by atoms with van der Waals surface area (Å²) >= 11 is 0. The zero-order valence-electron chi connectivity index (χ0n) is 18.1. The maximum absolute atomic E-state index is 13.3. The van der Waals surface area contributed by atoms with E-state index < -0.39 is 10.0 Å². The van der Waals surface area contributed by atoms with Crippen molar-refractivity contribution in [3.8, 4) is 5.75 Å². The molecule has 0 aromatic heterocycles. The van der Waals surface area contributed by atoms with Gasteiger partial charge in [-0.2, -0.15) is 4.31 Å². The molecule has 31 heavy (non-hydrogen) atoms. The lowest BCUT2D eigenvalue weighted by atomic mass is 10.1. The van der Waals surface area contributed by atoms with E-state index >= 15 is 0 Å². The highest BCUT2D eigenvalue weighted by molar-refractivity contribution is 7.89. The van der Waals surface area contributed by atoms with Crippen LogP contribution in [0.25, 0.3) is 0 Å². The van der Waals surface area contributed by atoms with Crippen LogP contribution in [-0.4, -0.2) is 44.9 Å². The molecule has 0 heterocycles. The van der Waals surface area contributed by atoms with Crippen molar-refractivity contribution in [2.75, 3.05) is 20.2 Å². The van der Waals surface area contributed by atoms with Gasteiger partial charge in [0.25, 0.3) is 0 Å². The number of ether oxygens (including phenoxy) is 1. The number of methoxy groups -OCH3 is 1. The highest BCUT2D eigenvalue weighted by Crippen LogP contribution is 2.21. The Hall–Kier alpha value is -2.38. The summed E-state index contributed by atoms with van der Waals surface area (Å²) in [4.78, 5) is 12.9. The van der Waals surface area contributed by atoms with Gasteiger partial charge in [-0.15, -0.1) is 0 Å². The molecule has 1 saturated carbocycles. The van der Waals surface area contributed by atoms with E-state index in [2.05, 4.69) is 5.32 Å². The number of carbonyl (C=O) groups is 1. The Bertz CT molecular complexity index is 922. The fourth-order valence-corrected chi connectivity index (χ4v) is 5.33. The van der Waals surface area contributed by atoms with E-state index in [9.17, 15) is 13.2 Å². The topological polar surface area (TPSA) is 75.7 Å². The maximum atomic E-state index is 13.3. The predicted molar refractivity (Wildman–Crippen MR) is 122 cm³/mol. The summed E-state index contributed by atoms with van der Waals surface area (Å²) < 4.78 is 33.1. The molecule has 1 amide bonds. The van der Waals surface area contributed by atoms with Crippen LogP contribution in [0.2, 0.25) is 0 Å². The first kappa shape index (κ1) is 23.3. The highest BCUT2D eigenvalue weighted by atomic mass is 32.2. The molecule has 168 valence electrons. The van der Waals surface area contributed by atoms with Crippen LogP contribution in [-0.2, 0) is 21.2 Å². The van der Waals surface area contributed by atoms with Crippen LogP contribution in [0.3, 0.4) is 0 Å². The molecule has 2 aromatic carbocycles. The number of carbonyl (C=O) groups excluding carboxylic acids is 1. The van der Waals surface area contributed by atoms with E-state index in [1.54, 1.807) is 12.1 Å². The van der Waals surface area contributed by atoms with Gasteiger partial charge in [0, 0.05) is 12.6 Å². The number of hydrogen-bond donors (Lipinski definition) is 1. The van der Waals surface area contributed by atoms with E-state index in [0.29, 0.717) is 12.2 Å². The van der Waals surface area contributed by atoms with Gasteiger partial charge in [-0.1, -0.05) is 56.0 Å².